The van der Waals surface area contributed by atoms with E-state index < -0.39 is 0 Å². The molecule has 1 heterocycles. The van der Waals surface area contributed by atoms with Gasteiger partial charge in [-0.15, -0.1) is 9.36 Å². The first-order valence-corrected chi connectivity index (χ1v) is 6.95. The van der Waals surface area contributed by atoms with Gasteiger partial charge in [0.1, 0.15) is 0 Å². The van der Waals surface area contributed by atoms with E-state index in [2.05, 4.69) is 12.2 Å². The van der Waals surface area contributed by atoms with Gasteiger partial charge in [0.25, 0.3) is 0 Å². The van der Waals surface area contributed by atoms with Gasteiger partial charge in [-0.05, 0) is 38.8 Å². The number of aryl methyl sites for hydroxylation is 4. The van der Waals surface area contributed by atoms with Gasteiger partial charge in [0.2, 0.25) is 5.91 Å². The van der Waals surface area contributed by atoms with Crippen LogP contribution < -0.4 is 10.00 Å². The summed E-state index contributed by atoms with van der Waals surface area (Å²) in [5, 5.41) is 3.02. The van der Waals surface area contributed by atoms with Crippen LogP contribution in [0, 0.1) is 20.8 Å². The maximum atomic E-state index is 12.3. The molecule has 20 heavy (non-hydrogen) atoms. The Labute approximate surface area is 120 Å². The van der Waals surface area contributed by atoms with Crippen LogP contribution in [0.3, 0.4) is 0 Å². The number of aromatic nitrogens is 2. The number of rotatable bonds is 4. The molecule has 2 aromatic rings. The van der Waals surface area contributed by atoms with Gasteiger partial charge >= 0.3 is 0 Å². The third-order valence-corrected chi connectivity index (χ3v) is 3.57. The number of carbonyl (C=O) groups is 1. The molecule has 1 N–H and O–H groups in total. The maximum Gasteiger partial charge on any atom is 0.250 e. The zero-order valence-electron chi connectivity index (χ0n) is 12.6. The Morgan fingerprint density at radius 1 is 1.20 bits per heavy atom. The van der Waals surface area contributed by atoms with Crippen molar-refractivity contribution in [2.24, 2.45) is 0 Å². The molecule has 0 fully saturated rings. The molecule has 0 atom stereocenters. The number of para-hydroxylation sites is 1. The first-order valence-electron chi connectivity index (χ1n) is 6.95. The van der Waals surface area contributed by atoms with Crippen molar-refractivity contribution in [3.63, 3.8) is 0 Å². The fourth-order valence-corrected chi connectivity index (χ4v) is 2.38. The summed E-state index contributed by atoms with van der Waals surface area (Å²) in [7, 11) is 0. The number of carbonyl (C=O) groups excluding carboxylic acids is 1. The smallest absolute Gasteiger partial charge is 0.250 e. The lowest BCUT2D eigenvalue weighted by Crippen LogP contribution is -2.44. The highest BCUT2D eigenvalue weighted by atomic mass is 16.2. The molecule has 106 valence electrons. The first-order chi connectivity index (χ1) is 9.52. The molecular formula is C16H22N3O+. The number of amides is 1. The fourth-order valence-electron chi connectivity index (χ4n) is 2.38. The second-order valence-corrected chi connectivity index (χ2v) is 5.09. The van der Waals surface area contributed by atoms with Gasteiger partial charge < -0.3 is 5.32 Å². The van der Waals surface area contributed by atoms with E-state index in [4.69, 9.17) is 0 Å². The molecule has 0 saturated carbocycles. The first kappa shape index (κ1) is 14.3. The van der Waals surface area contributed by atoms with Crippen LogP contribution in [-0.2, 0) is 17.9 Å². The third-order valence-electron chi connectivity index (χ3n) is 3.57. The van der Waals surface area contributed by atoms with Crippen molar-refractivity contribution >= 4 is 11.6 Å². The molecule has 0 radical (unpaired) electrons. The van der Waals surface area contributed by atoms with Crippen LogP contribution in [0.5, 0.6) is 0 Å². The Morgan fingerprint density at radius 3 is 2.45 bits per heavy atom. The minimum absolute atomic E-state index is 0.00361. The van der Waals surface area contributed by atoms with E-state index in [0.29, 0.717) is 6.54 Å². The van der Waals surface area contributed by atoms with E-state index in [1.54, 1.807) is 0 Å². The Balaban J connectivity index is 2.15. The molecule has 2 rings (SSSR count). The van der Waals surface area contributed by atoms with Gasteiger partial charge in [-0.1, -0.05) is 18.2 Å². The average Bonchev–Trinajstić information content (AvgIpc) is 2.75. The highest BCUT2D eigenvalue weighted by Gasteiger charge is 2.15. The van der Waals surface area contributed by atoms with Gasteiger partial charge in [-0.2, -0.15) is 0 Å². The second-order valence-electron chi connectivity index (χ2n) is 5.09. The number of anilines is 1. The Morgan fingerprint density at radius 2 is 1.85 bits per heavy atom. The van der Waals surface area contributed by atoms with E-state index in [9.17, 15) is 4.79 Å². The van der Waals surface area contributed by atoms with Crippen LogP contribution in [0.4, 0.5) is 5.69 Å². The SMILES string of the molecule is CC[n+]1ccc(C)n1CC(=O)Nc1c(C)cccc1C. The standard InChI is InChI=1S/C16H21N3O/c1-5-18-10-9-14(4)19(18)11-15(20)17-16-12(2)7-6-8-13(16)3/h6-10H,5,11H2,1-4H3/p+1. The number of nitrogens with zero attached hydrogens (tertiary/aromatic N) is 2. The predicted molar refractivity (Wildman–Crippen MR) is 79.6 cm³/mol. The Hall–Kier alpha value is -2.10. The normalized spacial score (nSPS) is 10.6. The molecule has 0 aliphatic carbocycles. The van der Waals surface area contributed by atoms with Crippen LogP contribution in [-0.4, -0.2) is 10.6 Å². The lowest BCUT2D eigenvalue weighted by atomic mass is 10.1. The number of benzene rings is 1. The highest BCUT2D eigenvalue weighted by Crippen LogP contribution is 2.19. The van der Waals surface area contributed by atoms with Crippen LogP contribution in [0.25, 0.3) is 0 Å². The van der Waals surface area contributed by atoms with Crippen LogP contribution in [0.1, 0.15) is 23.7 Å². The van der Waals surface area contributed by atoms with Gasteiger partial charge in [0.05, 0.1) is 5.69 Å². The second kappa shape index (κ2) is 5.90. The molecule has 4 heteroatoms. The largest absolute Gasteiger partial charge is 0.324 e. The summed E-state index contributed by atoms with van der Waals surface area (Å²) in [6.07, 6.45) is 2.00. The lowest BCUT2D eigenvalue weighted by molar-refractivity contribution is -0.771. The Bertz CT molecular complexity index is 608. The van der Waals surface area contributed by atoms with Crippen molar-refractivity contribution in [1.29, 1.82) is 0 Å². The van der Waals surface area contributed by atoms with E-state index in [1.165, 1.54) is 0 Å². The monoisotopic (exact) mass is 272 g/mol. The molecule has 1 aromatic heterocycles. The molecule has 0 unspecified atom stereocenters. The zero-order valence-corrected chi connectivity index (χ0v) is 12.6. The van der Waals surface area contributed by atoms with Crippen molar-refractivity contribution in [3.05, 3.63) is 47.3 Å². The van der Waals surface area contributed by atoms with Crippen molar-refractivity contribution < 1.29 is 9.48 Å². The molecule has 0 aliphatic heterocycles. The predicted octanol–water partition coefficient (Wildman–Crippen LogP) is 2.36. The number of nitrogens with one attached hydrogen (secondary N) is 1. The summed E-state index contributed by atoms with van der Waals surface area (Å²) in [5.41, 5.74) is 4.19. The molecule has 0 spiro atoms. The molecule has 0 aliphatic rings. The summed E-state index contributed by atoms with van der Waals surface area (Å²) >= 11 is 0. The molecule has 4 nitrogen and oxygen atoms in total. The zero-order chi connectivity index (χ0) is 14.7. The van der Waals surface area contributed by atoms with Crippen LogP contribution in [0.2, 0.25) is 0 Å². The van der Waals surface area contributed by atoms with Gasteiger partial charge in [-0.25, -0.2) is 0 Å². The van der Waals surface area contributed by atoms with Crippen LogP contribution >= 0.6 is 0 Å². The van der Waals surface area contributed by atoms with Gasteiger partial charge in [0, 0.05) is 11.8 Å². The van der Waals surface area contributed by atoms with E-state index >= 15 is 0 Å². The van der Waals surface area contributed by atoms with E-state index in [-0.39, 0.29) is 5.91 Å². The molecule has 0 saturated heterocycles. The minimum atomic E-state index is 0.00361. The van der Waals surface area contributed by atoms with Gasteiger partial charge in [-0.3, -0.25) is 4.79 Å². The topological polar surface area (TPSA) is 37.9 Å². The maximum absolute atomic E-state index is 12.3. The summed E-state index contributed by atoms with van der Waals surface area (Å²) in [6.45, 7) is 9.29. The molecule has 1 amide bonds. The van der Waals surface area contributed by atoms with E-state index in [0.717, 1.165) is 29.1 Å². The molecule has 1 aromatic carbocycles. The lowest BCUT2D eigenvalue weighted by Gasteiger charge is -2.11. The third kappa shape index (κ3) is 2.90. The minimum Gasteiger partial charge on any atom is -0.324 e. The van der Waals surface area contributed by atoms with Crippen molar-refractivity contribution in [2.45, 2.75) is 40.8 Å². The van der Waals surface area contributed by atoms with Crippen molar-refractivity contribution in [1.82, 2.24) is 4.68 Å². The number of hydrogen-bond donors (Lipinski definition) is 1. The van der Waals surface area contributed by atoms with Gasteiger partial charge in [0.15, 0.2) is 19.3 Å². The quantitative estimate of drug-likeness (QED) is 0.853. The summed E-state index contributed by atoms with van der Waals surface area (Å²) in [5.74, 6) is 0.00361. The summed E-state index contributed by atoms with van der Waals surface area (Å²) < 4.78 is 4.03. The van der Waals surface area contributed by atoms with Crippen molar-refractivity contribution in [3.8, 4) is 0 Å². The highest BCUT2D eigenvalue weighted by molar-refractivity contribution is 5.92. The fraction of sp³-hybridized carbons (Fsp3) is 0.375. The van der Waals surface area contributed by atoms with Crippen molar-refractivity contribution in [2.75, 3.05) is 5.32 Å². The molecular weight excluding hydrogens is 250 g/mol. The van der Waals surface area contributed by atoms with E-state index in [1.807, 2.05) is 60.6 Å². The van der Waals surface area contributed by atoms with Crippen LogP contribution in [0.15, 0.2) is 30.5 Å². The average molecular weight is 272 g/mol. The summed E-state index contributed by atoms with van der Waals surface area (Å²) in [6, 6.07) is 8.04. The number of hydrogen-bond acceptors (Lipinski definition) is 1. The molecule has 0 bridgehead atoms. The Kier molecular flexibility index (Phi) is 4.23. The summed E-state index contributed by atoms with van der Waals surface area (Å²) in [4.78, 5) is 12.3.